The molecule has 1 rings (SSSR count). The lowest BCUT2D eigenvalue weighted by molar-refractivity contribution is -1.10. The van der Waals surface area contributed by atoms with Crippen LogP contribution in [0, 0.1) is 0 Å². The van der Waals surface area contributed by atoms with Crippen LogP contribution in [0.2, 0.25) is 0 Å². The maximum Gasteiger partial charge on any atom is 0.116 e. The van der Waals surface area contributed by atoms with E-state index in [1.165, 1.54) is 25.9 Å². The van der Waals surface area contributed by atoms with E-state index in [2.05, 4.69) is 22.9 Å². The number of hydroxylamine groups is 3. The molecule has 1 heterocycles. The molecule has 3 heteroatoms. The summed E-state index contributed by atoms with van der Waals surface area (Å²) in [5, 5.41) is 0.951. The first-order valence-corrected chi connectivity index (χ1v) is 5.52. The molecule has 2 nitrogen and oxygen atoms in total. The zero-order valence-corrected chi connectivity index (χ0v) is 8.77. The molecule has 0 atom stereocenters. The quantitative estimate of drug-likeness (QED) is 0.522. The molecule has 0 amide bonds. The fraction of sp³-hybridized carbons (Fsp3) is 1.00. The van der Waals surface area contributed by atoms with Gasteiger partial charge in [-0.25, -0.2) is 4.84 Å². The second kappa shape index (κ2) is 4.43. The molecule has 0 aromatic carbocycles. The van der Waals surface area contributed by atoms with Crippen molar-refractivity contribution >= 4 is 15.9 Å². The van der Waals surface area contributed by atoms with E-state index in [1.807, 2.05) is 0 Å². The van der Waals surface area contributed by atoms with Crippen molar-refractivity contribution in [3.63, 3.8) is 0 Å². The lowest BCUT2D eigenvalue weighted by atomic mass is 10.4. The standard InChI is InChI=1S/C8H17BrNO/c1-2-10(11-8-5-9)6-3-4-7-10/h2-8H2,1H3/q+1. The van der Waals surface area contributed by atoms with Gasteiger partial charge in [-0.05, 0) is 6.92 Å². The van der Waals surface area contributed by atoms with Crippen molar-refractivity contribution in [3.05, 3.63) is 0 Å². The number of likely N-dealkylation sites (tertiary alicyclic amines) is 1. The normalized spacial score (nSPS) is 22.4. The Bertz CT molecular complexity index is 113. The Kier molecular flexibility index (Phi) is 3.82. The Morgan fingerprint density at radius 3 is 2.45 bits per heavy atom. The molecule has 0 radical (unpaired) electrons. The van der Waals surface area contributed by atoms with Gasteiger partial charge in [-0.3, -0.25) is 0 Å². The van der Waals surface area contributed by atoms with E-state index in [0.29, 0.717) is 0 Å². The Morgan fingerprint density at radius 1 is 1.36 bits per heavy atom. The van der Waals surface area contributed by atoms with Gasteiger partial charge in [0.1, 0.15) is 26.2 Å². The second-order valence-electron chi connectivity index (χ2n) is 3.05. The molecule has 66 valence electrons. The van der Waals surface area contributed by atoms with Crippen LogP contribution in [-0.2, 0) is 4.84 Å². The van der Waals surface area contributed by atoms with Gasteiger partial charge in [-0.1, -0.05) is 15.9 Å². The van der Waals surface area contributed by atoms with Crippen molar-refractivity contribution in [1.29, 1.82) is 0 Å². The van der Waals surface area contributed by atoms with E-state index in [1.54, 1.807) is 0 Å². The number of hydrogen-bond donors (Lipinski definition) is 0. The summed E-state index contributed by atoms with van der Waals surface area (Å²) in [6.45, 7) is 6.59. The van der Waals surface area contributed by atoms with Crippen LogP contribution in [0.15, 0.2) is 0 Å². The lowest BCUT2D eigenvalue weighted by Crippen LogP contribution is -2.45. The Morgan fingerprint density at radius 2 is 2.00 bits per heavy atom. The van der Waals surface area contributed by atoms with Crippen LogP contribution in [-0.4, -0.2) is 36.2 Å². The summed E-state index contributed by atoms with van der Waals surface area (Å²) in [4.78, 5) is 5.78. The first-order chi connectivity index (χ1) is 5.33. The van der Waals surface area contributed by atoms with Gasteiger partial charge >= 0.3 is 0 Å². The van der Waals surface area contributed by atoms with E-state index in [4.69, 9.17) is 4.84 Å². The Balaban J connectivity index is 2.33. The number of nitrogens with zero attached hydrogens (tertiary/aromatic N) is 1. The molecule has 1 aliphatic heterocycles. The number of rotatable bonds is 4. The molecule has 1 aliphatic rings. The van der Waals surface area contributed by atoms with Gasteiger partial charge in [-0.2, -0.15) is 4.65 Å². The SMILES string of the molecule is CC[N+]1(OCCBr)CCCC1. The van der Waals surface area contributed by atoms with Crippen molar-refractivity contribution in [2.75, 3.05) is 31.6 Å². The van der Waals surface area contributed by atoms with Crippen LogP contribution >= 0.6 is 15.9 Å². The zero-order valence-electron chi connectivity index (χ0n) is 7.18. The molecule has 0 bridgehead atoms. The highest BCUT2D eigenvalue weighted by molar-refractivity contribution is 9.09. The molecule has 11 heavy (non-hydrogen) atoms. The van der Waals surface area contributed by atoms with Gasteiger partial charge in [0.2, 0.25) is 0 Å². The van der Waals surface area contributed by atoms with Gasteiger partial charge in [0.05, 0.1) is 0 Å². The van der Waals surface area contributed by atoms with Crippen molar-refractivity contribution in [1.82, 2.24) is 0 Å². The predicted molar refractivity (Wildman–Crippen MR) is 49.5 cm³/mol. The van der Waals surface area contributed by atoms with E-state index >= 15 is 0 Å². The summed E-state index contributed by atoms with van der Waals surface area (Å²) in [5.41, 5.74) is 0. The average molecular weight is 223 g/mol. The van der Waals surface area contributed by atoms with Crippen molar-refractivity contribution < 1.29 is 9.48 Å². The maximum absolute atomic E-state index is 5.78. The third-order valence-corrected chi connectivity index (χ3v) is 2.72. The number of halogens is 1. The highest BCUT2D eigenvalue weighted by atomic mass is 79.9. The Labute approximate surface area is 77.2 Å². The number of hydrogen-bond acceptors (Lipinski definition) is 1. The third kappa shape index (κ3) is 2.42. The van der Waals surface area contributed by atoms with Gasteiger partial charge in [0.25, 0.3) is 0 Å². The molecular formula is C8H17BrNO+. The van der Waals surface area contributed by atoms with Crippen LogP contribution in [0.3, 0.4) is 0 Å². The predicted octanol–water partition coefficient (Wildman–Crippen LogP) is 1.94. The van der Waals surface area contributed by atoms with Crippen molar-refractivity contribution in [2.45, 2.75) is 19.8 Å². The Hall–Kier alpha value is 0.400. The summed E-state index contributed by atoms with van der Waals surface area (Å²) < 4.78 is 0.894. The smallest absolute Gasteiger partial charge is 0.116 e. The topological polar surface area (TPSA) is 9.23 Å². The van der Waals surface area contributed by atoms with Crippen LogP contribution < -0.4 is 0 Å². The molecule has 0 unspecified atom stereocenters. The number of quaternary nitrogens is 1. The summed E-state index contributed by atoms with van der Waals surface area (Å²) in [6.07, 6.45) is 2.66. The van der Waals surface area contributed by atoms with Crippen LogP contribution in [0.1, 0.15) is 19.8 Å². The third-order valence-electron chi connectivity index (χ3n) is 2.40. The van der Waals surface area contributed by atoms with Crippen LogP contribution in [0.4, 0.5) is 0 Å². The largest absolute Gasteiger partial charge is 0.202 e. The number of alkyl halides is 1. The minimum absolute atomic E-state index is 0.841. The zero-order chi connectivity index (χ0) is 8.16. The fourth-order valence-corrected chi connectivity index (χ4v) is 1.82. The molecular weight excluding hydrogens is 206 g/mol. The molecule has 0 aromatic rings. The molecule has 0 spiro atoms. The molecule has 0 N–H and O–H groups in total. The minimum Gasteiger partial charge on any atom is -0.202 e. The van der Waals surface area contributed by atoms with Gasteiger partial charge in [0, 0.05) is 18.2 Å². The van der Waals surface area contributed by atoms with Crippen LogP contribution in [0.25, 0.3) is 0 Å². The summed E-state index contributed by atoms with van der Waals surface area (Å²) in [6, 6.07) is 0. The lowest BCUT2D eigenvalue weighted by Gasteiger charge is -2.29. The van der Waals surface area contributed by atoms with E-state index in [-0.39, 0.29) is 0 Å². The molecule has 1 fully saturated rings. The highest BCUT2D eigenvalue weighted by Crippen LogP contribution is 2.19. The summed E-state index contributed by atoms with van der Waals surface area (Å²) in [7, 11) is 0. The van der Waals surface area contributed by atoms with Crippen molar-refractivity contribution in [3.8, 4) is 0 Å². The summed E-state index contributed by atoms with van der Waals surface area (Å²) in [5.74, 6) is 0. The van der Waals surface area contributed by atoms with E-state index in [0.717, 1.165) is 23.1 Å². The van der Waals surface area contributed by atoms with Crippen molar-refractivity contribution in [2.24, 2.45) is 0 Å². The van der Waals surface area contributed by atoms with Gasteiger partial charge in [0.15, 0.2) is 0 Å². The first-order valence-electron chi connectivity index (χ1n) is 4.39. The first kappa shape index (κ1) is 9.49. The molecule has 0 saturated carbocycles. The fourth-order valence-electron chi connectivity index (χ4n) is 1.68. The minimum atomic E-state index is 0.841. The van der Waals surface area contributed by atoms with E-state index < -0.39 is 0 Å². The van der Waals surface area contributed by atoms with Gasteiger partial charge < -0.3 is 0 Å². The van der Waals surface area contributed by atoms with E-state index in [9.17, 15) is 0 Å². The van der Waals surface area contributed by atoms with Crippen LogP contribution in [0.5, 0.6) is 0 Å². The maximum atomic E-state index is 5.78. The molecule has 1 saturated heterocycles. The second-order valence-corrected chi connectivity index (χ2v) is 3.84. The van der Waals surface area contributed by atoms with Gasteiger partial charge in [-0.15, -0.1) is 0 Å². The molecule has 0 aliphatic carbocycles. The summed E-state index contributed by atoms with van der Waals surface area (Å²) >= 11 is 3.38. The monoisotopic (exact) mass is 222 g/mol. The average Bonchev–Trinajstić information content (AvgIpc) is 2.50. The molecule has 0 aromatic heterocycles. The highest BCUT2D eigenvalue weighted by Gasteiger charge is 2.31.